The molecule has 3 heteroatoms. The third-order valence-electron chi connectivity index (χ3n) is 6.32. The molecule has 0 radical (unpaired) electrons. The number of fused-ring (bicyclic) bond motifs is 2. The van der Waals surface area contributed by atoms with Crippen molar-refractivity contribution in [3.8, 4) is 0 Å². The molecule has 3 rings (SSSR count). The third kappa shape index (κ3) is 5.44. The van der Waals surface area contributed by atoms with Crippen LogP contribution < -0.4 is 0 Å². The van der Waals surface area contributed by atoms with Crippen LogP contribution in [0.5, 0.6) is 0 Å². The van der Waals surface area contributed by atoms with Crippen molar-refractivity contribution in [3.05, 3.63) is 0 Å². The summed E-state index contributed by atoms with van der Waals surface area (Å²) in [5.41, 5.74) is 0.610. The van der Waals surface area contributed by atoms with Crippen LogP contribution in [0.3, 0.4) is 0 Å². The third-order valence-corrected chi connectivity index (χ3v) is 6.32. The minimum absolute atomic E-state index is 0.610. The number of hydrogen-bond acceptors (Lipinski definition) is 3. The lowest BCUT2D eigenvalue weighted by Gasteiger charge is -2.60. The molecule has 0 aromatic heterocycles. The quantitative estimate of drug-likeness (QED) is 0.535. The molecule has 136 valence electrons. The molecule has 0 amide bonds. The summed E-state index contributed by atoms with van der Waals surface area (Å²) in [4.78, 5) is 2.31. The summed E-state index contributed by atoms with van der Waals surface area (Å²) in [6.07, 6.45) is 5.64. The number of nitrogens with zero attached hydrogens (tertiary/aromatic N) is 1. The molecular weight excluding hydrogens is 286 g/mol. The largest absolute Gasteiger partial charge is 0.380 e. The molecular formula is C20H39NO2. The maximum absolute atomic E-state index is 5.90. The van der Waals surface area contributed by atoms with Crippen LogP contribution in [0.2, 0.25) is 0 Å². The average Bonchev–Trinajstić information content (AvgIpc) is 2.51. The Bertz CT molecular complexity index is 341. The molecule has 0 saturated heterocycles. The summed E-state index contributed by atoms with van der Waals surface area (Å²) in [6.45, 7) is 14.8. The molecule has 0 heterocycles. The first-order valence-electron chi connectivity index (χ1n) is 9.75. The summed E-state index contributed by atoms with van der Waals surface area (Å²) in [5.74, 6) is 3.51. The minimum atomic E-state index is 0.610. The lowest BCUT2D eigenvalue weighted by molar-refractivity contribution is -0.111. The zero-order valence-electron chi connectivity index (χ0n) is 16.1. The standard InChI is InChI=1S/C20H39NO2/c1-16(2)15-23-13-10-21(5)9-12-22-11-8-17-6-7-18-14-19(17)20(18,3)4/h16-19H,6-15H2,1-5H3/t17-,18-,19+/m0/s1. The smallest absolute Gasteiger partial charge is 0.0593 e. The van der Waals surface area contributed by atoms with Crippen LogP contribution in [0.15, 0.2) is 0 Å². The predicted octanol–water partition coefficient (Wildman–Crippen LogP) is 4.07. The van der Waals surface area contributed by atoms with E-state index in [1.807, 2.05) is 0 Å². The minimum Gasteiger partial charge on any atom is -0.380 e. The van der Waals surface area contributed by atoms with Crippen LogP contribution in [0.25, 0.3) is 0 Å². The molecule has 0 aromatic carbocycles. The monoisotopic (exact) mass is 325 g/mol. The molecule has 3 aliphatic carbocycles. The highest BCUT2D eigenvalue weighted by atomic mass is 16.5. The van der Waals surface area contributed by atoms with Crippen molar-refractivity contribution in [1.29, 1.82) is 0 Å². The first-order chi connectivity index (χ1) is 10.9. The second kappa shape index (κ2) is 8.82. The average molecular weight is 326 g/mol. The van der Waals surface area contributed by atoms with Crippen LogP contribution in [-0.2, 0) is 9.47 Å². The van der Waals surface area contributed by atoms with Crippen molar-refractivity contribution in [2.75, 3.05) is 46.6 Å². The second-order valence-electron chi connectivity index (χ2n) is 8.87. The fourth-order valence-electron chi connectivity index (χ4n) is 4.52. The van der Waals surface area contributed by atoms with E-state index in [1.165, 1.54) is 25.7 Å². The predicted molar refractivity (Wildman–Crippen MR) is 96.7 cm³/mol. The maximum Gasteiger partial charge on any atom is 0.0593 e. The van der Waals surface area contributed by atoms with E-state index in [0.717, 1.165) is 57.3 Å². The van der Waals surface area contributed by atoms with Gasteiger partial charge in [0.05, 0.1) is 13.2 Å². The van der Waals surface area contributed by atoms with E-state index >= 15 is 0 Å². The molecule has 3 nitrogen and oxygen atoms in total. The van der Waals surface area contributed by atoms with Gasteiger partial charge in [-0.2, -0.15) is 0 Å². The van der Waals surface area contributed by atoms with E-state index in [2.05, 4.69) is 39.6 Å². The molecule has 0 aromatic rings. The molecule has 0 unspecified atom stereocenters. The van der Waals surface area contributed by atoms with Crippen molar-refractivity contribution in [3.63, 3.8) is 0 Å². The van der Waals surface area contributed by atoms with Crippen molar-refractivity contribution in [2.45, 2.75) is 53.4 Å². The number of likely N-dealkylation sites (N-methyl/N-ethyl adjacent to an activating group) is 1. The van der Waals surface area contributed by atoms with Crippen molar-refractivity contribution in [2.24, 2.45) is 29.1 Å². The van der Waals surface area contributed by atoms with Gasteiger partial charge in [0.2, 0.25) is 0 Å². The normalized spacial score (nSPS) is 29.1. The molecule has 0 N–H and O–H groups in total. The molecule has 2 bridgehead atoms. The van der Waals surface area contributed by atoms with Crippen LogP contribution in [0, 0.1) is 29.1 Å². The number of rotatable bonds is 11. The van der Waals surface area contributed by atoms with Gasteiger partial charge in [-0.3, -0.25) is 0 Å². The molecule has 3 atom stereocenters. The van der Waals surface area contributed by atoms with Crippen LogP contribution in [-0.4, -0.2) is 51.5 Å². The van der Waals surface area contributed by atoms with E-state index in [-0.39, 0.29) is 0 Å². The summed E-state index contributed by atoms with van der Waals surface area (Å²) in [7, 11) is 2.15. The first kappa shape index (κ1) is 19.2. The Labute approximate surface area is 144 Å². The van der Waals surface area contributed by atoms with E-state index < -0.39 is 0 Å². The van der Waals surface area contributed by atoms with Gasteiger partial charge in [0.25, 0.3) is 0 Å². The Morgan fingerprint density at radius 1 is 1.04 bits per heavy atom. The summed E-state index contributed by atoms with van der Waals surface area (Å²) >= 11 is 0. The fraction of sp³-hybridized carbons (Fsp3) is 1.00. The van der Waals surface area contributed by atoms with Gasteiger partial charge in [0.15, 0.2) is 0 Å². The summed E-state index contributed by atoms with van der Waals surface area (Å²) < 4.78 is 11.5. The summed E-state index contributed by atoms with van der Waals surface area (Å²) in [6, 6.07) is 0. The van der Waals surface area contributed by atoms with E-state index in [9.17, 15) is 0 Å². The lowest BCUT2D eigenvalue weighted by atomic mass is 9.45. The van der Waals surface area contributed by atoms with Crippen molar-refractivity contribution < 1.29 is 9.47 Å². The van der Waals surface area contributed by atoms with Crippen molar-refractivity contribution in [1.82, 2.24) is 4.90 Å². The Kier molecular flexibility index (Phi) is 7.37. The van der Waals surface area contributed by atoms with Crippen LogP contribution in [0.1, 0.15) is 53.4 Å². The Balaban J connectivity index is 1.46. The van der Waals surface area contributed by atoms with Gasteiger partial charge < -0.3 is 14.4 Å². The van der Waals surface area contributed by atoms with Crippen LogP contribution >= 0.6 is 0 Å². The Morgan fingerprint density at radius 2 is 1.74 bits per heavy atom. The SMILES string of the molecule is CC(C)COCCN(C)CCOCC[C@@H]1CC[C@H]2C[C@H]1C2(C)C. The number of ether oxygens (including phenoxy) is 2. The summed E-state index contributed by atoms with van der Waals surface area (Å²) in [5, 5.41) is 0. The number of hydrogen-bond donors (Lipinski definition) is 0. The highest BCUT2D eigenvalue weighted by molar-refractivity contribution is 5.03. The van der Waals surface area contributed by atoms with Gasteiger partial charge in [-0.1, -0.05) is 27.7 Å². The van der Waals surface area contributed by atoms with Crippen LogP contribution in [0.4, 0.5) is 0 Å². The van der Waals surface area contributed by atoms with E-state index in [1.54, 1.807) is 0 Å². The zero-order chi connectivity index (χ0) is 16.9. The van der Waals surface area contributed by atoms with Crippen molar-refractivity contribution >= 4 is 0 Å². The molecule has 0 aliphatic heterocycles. The van der Waals surface area contributed by atoms with E-state index in [4.69, 9.17) is 9.47 Å². The molecule has 3 fully saturated rings. The Morgan fingerprint density at radius 3 is 2.35 bits per heavy atom. The second-order valence-corrected chi connectivity index (χ2v) is 8.87. The van der Waals surface area contributed by atoms with E-state index in [0.29, 0.717) is 11.3 Å². The topological polar surface area (TPSA) is 21.7 Å². The first-order valence-corrected chi connectivity index (χ1v) is 9.75. The molecule has 3 aliphatic rings. The zero-order valence-corrected chi connectivity index (χ0v) is 16.1. The Hall–Kier alpha value is -0.120. The van der Waals surface area contributed by atoms with Gasteiger partial charge in [0, 0.05) is 26.3 Å². The van der Waals surface area contributed by atoms with Gasteiger partial charge in [-0.15, -0.1) is 0 Å². The molecule has 0 spiro atoms. The lowest BCUT2D eigenvalue weighted by Crippen LogP contribution is -2.52. The van der Waals surface area contributed by atoms with Gasteiger partial charge in [-0.05, 0) is 61.8 Å². The van der Waals surface area contributed by atoms with Gasteiger partial charge >= 0.3 is 0 Å². The molecule has 3 saturated carbocycles. The highest BCUT2D eigenvalue weighted by Gasteiger charge is 2.53. The van der Waals surface area contributed by atoms with Gasteiger partial charge in [-0.25, -0.2) is 0 Å². The van der Waals surface area contributed by atoms with Gasteiger partial charge in [0.1, 0.15) is 0 Å². The fourth-order valence-corrected chi connectivity index (χ4v) is 4.52. The highest BCUT2D eigenvalue weighted by Crippen LogP contribution is 2.61. The molecule has 23 heavy (non-hydrogen) atoms. The maximum atomic E-state index is 5.90.